The number of aromatic nitrogens is 2. The van der Waals surface area contributed by atoms with Gasteiger partial charge < -0.3 is 15.4 Å². The Labute approximate surface area is 154 Å². The maximum Gasteiger partial charge on any atom is 0.242 e. The van der Waals surface area contributed by atoms with Crippen LogP contribution in [0.2, 0.25) is 0 Å². The molecule has 2 N–H and O–H groups in total. The SMILES string of the molecule is Cc1cccc(Oc2cncc([C@H]3CCCN(C(=O)C(C)(C)N)C3)n2)c1. The van der Waals surface area contributed by atoms with E-state index in [1.54, 1.807) is 26.2 Å². The topological polar surface area (TPSA) is 81.3 Å². The van der Waals surface area contributed by atoms with Gasteiger partial charge in [0, 0.05) is 25.2 Å². The van der Waals surface area contributed by atoms with E-state index in [9.17, 15) is 4.79 Å². The normalized spacial score (nSPS) is 17.8. The highest BCUT2D eigenvalue weighted by Gasteiger charge is 2.32. The van der Waals surface area contributed by atoms with Crippen molar-refractivity contribution in [1.82, 2.24) is 14.9 Å². The zero-order chi connectivity index (χ0) is 18.7. The molecular formula is C20H26N4O2. The molecule has 0 bridgehead atoms. The van der Waals surface area contributed by atoms with E-state index in [0.29, 0.717) is 12.4 Å². The van der Waals surface area contributed by atoms with Crippen molar-refractivity contribution < 1.29 is 9.53 Å². The van der Waals surface area contributed by atoms with E-state index < -0.39 is 5.54 Å². The van der Waals surface area contributed by atoms with Gasteiger partial charge in [0.1, 0.15) is 5.75 Å². The van der Waals surface area contributed by atoms with Gasteiger partial charge >= 0.3 is 0 Å². The summed E-state index contributed by atoms with van der Waals surface area (Å²) in [6.07, 6.45) is 5.27. The molecule has 1 saturated heterocycles. The molecule has 1 aromatic carbocycles. The van der Waals surface area contributed by atoms with Gasteiger partial charge in [-0.2, -0.15) is 0 Å². The minimum absolute atomic E-state index is 0.0256. The number of hydrogen-bond donors (Lipinski definition) is 1. The number of nitrogens with zero attached hydrogens (tertiary/aromatic N) is 3. The van der Waals surface area contributed by atoms with E-state index >= 15 is 0 Å². The fourth-order valence-corrected chi connectivity index (χ4v) is 3.22. The molecule has 1 aromatic heterocycles. The molecular weight excluding hydrogens is 328 g/mol. The summed E-state index contributed by atoms with van der Waals surface area (Å²) in [6, 6.07) is 7.81. The Kier molecular flexibility index (Phi) is 5.23. The summed E-state index contributed by atoms with van der Waals surface area (Å²) in [5.74, 6) is 1.32. The zero-order valence-electron chi connectivity index (χ0n) is 15.6. The molecule has 2 aromatic rings. The first-order valence-electron chi connectivity index (χ1n) is 8.97. The van der Waals surface area contributed by atoms with E-state index in [4.69, 9.17) is 10.5 Å². The Hall–Kier alpha value is -2.47. The zero-order valence-corrected chi connectivity index (χ0v) is 15.6. The van der Waals surface area contributed by atoms with Crippen LogP contribution in [0.4, 0.5) is 0 Å². The molecule has 0 aliphatic carbocycles. The second-order valence-corrected chi connectivity index (χ2v) is 7.51. The van der Waals surface area contributed by atoms with Gasteiger partial charge in [0.25, 0.3) is 0 Å². The number of benzene rings is 1. The van der Waals surface area contributed by atoms with Crippen molar-refractivity contribution in [3.63, 3.8) is 0 Å². The summed E-state index contributed by atoms with van der Waals surface area (Å²) in [5.41, 5.74) is 7.09. The lowest BCUT2D eigenvalue weighted by molar-refractivity contribution is -0.137. The van der Waals surface area contributed by atoms with Gasteiger partial charge in [0.05, 0.1) is 17.4 Å². The van der Waals surface area contributed by atoms with Crippen molar-refractivity contribution in [2.45, 2.75) is 45.1 Å². The van der Waals surface area contributed by atoms with Gasteiger partial charge in [-0.05, 0) is 51.3 Å². The summed E-state index contributed by atoms with van der Waals surface area (Å²) in [5, 5.41) is 0. The molecule has 0 radical (unpaired) electrons. The van der Waals surface area contributed by atoms with Gasteiger partial charge in [0.15, 0.2) is 0 Å². The van der Waals surface area contributed by atoms with E-state index in [2.05, 4.69) is 9.97 Å². The third-order valence-electron chi connectivity index (χ3n) is 4.52. The third-order valence-corrected chi connectivity index (χ3v) is 4.52. The number of piperidine rings is 1. The van der Waals surface area contributed by atoms with Crippen molar-refractivity contribution in [2.24, 2.45) is 5.73 Å². The minimum atomic E-state index is -0.857. The average molecular weight is 354 g/mol. The van der Waals surface area contributed by atoms with Crippen LogP contribution in [0.3, 0.4) is 0 Å². The van der Waals surface area contributed by atoms with Gasteiger partial charge in [-0.25, -0.2) is 4.98 Å². The summed E-state index contributed by atoms with van der Waals surface area (Å²) >= 11 is 0. The fraction of sp³-hybridized carbons (Fsp3) is 0.450. The molecule has 1 aliphatic rings. The van der Waals surface area contributed by atoms with Crippen LogP contribution in [-0.4, -0.2) is 39.4 Å². The second kappa shape index (κ2) is 7.41. The van der Waals surface area contributed by atoms with E-state index in [-0.39, 0.29) is 11.8 Å². The number of amides is 1. The first-order valence-corrected chi connectivity index (χ1v) is 8.97. The molecule has 2 heterocycles. The van der Waals surface area contributed by atoms with Crippen LogP contribution in [-0.2, 0) is 4.79 Å². The molecule has 1 amide bonds. The number of aryl methyl sites for hydroxylation is 1. The Morgan fingerprint density at radius 1 is 1.35 bits per heavy atom. The van der Waals surface area contributed by atoms with Crippen molar-refractivity contribution >= 4 is 5.91 Å². The maximum atomic E-state index is 12.5. The number of hydrogen-bond acceptors (Lipinski definition) is 5. The number of likely N-dealkylation sites (tertiary alicyclic amines) is 1. The molecule has 1 aliphatic heterocycles. The Morgan fingerprint density at radius 3 is 2.88 bits per heavy atom. The lowest BCUT2D eigenvalue weighted by atomic mass is 9.93. The maximum absolute atomic E-state index is 12.5. The van der Waals surface area contributed by atoms with Gasteiger partial charge in [-0.15, -0.1) is 0 Å². The van der Waals surface area contributed by atoms with Crippen LogP contribution in [0.1, 0.15) is 43.9 Å². The second-order valence-electron chi connectivity index (χ2n) is 7.51. The molecule has 1 fully saturated rings. The molecule has 0 saturated carbocycles. The van der Waals surface area contributed by atoms with E-state index in [1.165, 1.54) is 0 Å². The number of ether oxygens (including phenoxy) is 1. The molecule has 138 valence electrons. The minimum Gasteiger partial charge on any atom is -0.437 e. The molecule has 3 rings (SSSR count). The summed E-state index contributed by atoms with van der Waals surface area (Å²) in [6.45, 7) is 6.86. The third kappa shape index (κ3) is 4.38. The summed E-state index contributed by atoms with van der Waals surface area (Å²) < 4.78 is 5.85. The molecule has 1 atom stereocenters. The van der Waals surface area contributed by atoms with Crippen LogP contribution < -0.4 is 10.5 Å². The van der Waals surface area contributed by atoms with E-state index in [0.717, 1.165) is 36.4 Å². The predicted octanol–water partition coefficient (Wildman–Crippen LogP) is 3.02. The molecule has 26 heavy (non-hydrogen) atoms. The highest BCUT2D eigenvalue weighted by atomic mass is 16.5. The van der Waals surface area contributed by atoms with Gasteiger partial charge in [0.2, 0.25) is 11.8 Å². The van der Waals surface area contributed by atoms with E-state index in [1.807, 2.05) is 36.1 Å². The smallest absolute Gasteiger partial charge is 0.242 e. The van der Waals surface area contributed by atoms with Crippen LogP contribution in [0.15, 0.2) is 36.7 Å². The molecule has 0 unspecified atom stereocenters. The molecule has 6 nitrogen and oxygen atoms in total. The highest BCUT2D eigenvalue weighted by molar-refractivity contribution is 5.85. The lowest BCUT2D eigenvalue weighted by Gasteiger charge is -2.36. The molecule has 6 heteroatoms. The number of nitrogens with two attached hydrogens (primary N) is 1. The van der Waals surface area contributed by atoms with Crippen LogP contribution >= 0.6 is 0 Å². The Bertz CT molecular complexity index is 785. The average Bonchev–Trinajstić information content (AvgIpc) is 2.61. The molecule has 0 spiro atoms. The van der Waals surface area contributed by atoms with Gasteiger partial charge in [-0.1, -0.05) is 12.1 Å². The van der Waals surface area contributed by atoms with Crippen LogP contribution in [0.5, 0.6) is 11.6 Å². The first-order chi connectivity index (χ1) is 12.3. The number of carbonyl (C=O) groups excluding carboxylic acids is 1. The standard InChI is InChI=1S/C20H26N4O2/c1-14-6-4-8-16(10-14)26-18-12-22-11-17(23-18)15-7-5-9-24(13-15)19(25)20(2,3)21/h4,6,8,10-12,15H,5,7,9,13,21H2,1-3H3/t15-/m0/s1. The van der Waals surface area contributed by atoms with Gasteiger partial charge in [-0.3, -0.25) is 9.78 Å². The highest BCUT2D eigenvalue weighted by Crippen LogP contribution is 2.28. The monoisotopic (exact) mass is 354 g/mol. The Balaban J connectivity index is 1.74. The summed E-state index contributed by atoms with van der Waals surface area (Å²) in [4.78, 5) is 23.2. The van der Waals surface area contributed by atoms with Crippen molar-refractivity contribution in [3.8, 4) is 11.6 Å². The largest absolute Gasteiger partial charge is 0.437 e. The summed E-state index contributed by atoms with van der Waals surface area (Å²) in [7, 11) is 0. The Morgan fingerprint density at radius 2 is 2.15 bits per heavy atom. The lowest BCUT2D eigenvalue weighted by Crippen LogP contribution is -2.53. The van der Waals surface area contributed by atoms with Crippen LogP contribution in [0, 0.1) is 6.92 Å². The predicted molar refractivity (Wildman–Crippen MR) is 100 cm³/mol. The first kappa shape index (κ1) is 18.3. The number of rotatable bonds is 4. The quantitative estimate of drug-likeness (QED) is 0.913. The number of carbonyl (C=O) groups is 1. The van der Waals surface area contributed by atoms with Crippen molar-refractivity contribution in [1.29, 1.82) is 0 Å². The van der Waals surface area contributed by atoms with Crippen LogP contribution in [0.25, 0.3) is 0 Å². The van der Waals surface area contributed by atoms with Crippen molar-refractivity contribution in [2.75, 3.05) is 13.1 Å². The van der Waals surface area contributed by atoms with Crippen molar-refractivity contribution in [3.05, 3.63) is 47.9 Å². The fourth-order valence-electron chi connectivity index (χ4n) is 3.22.